The van der Waals surface area contributed by atoms with E-state index < -0.39 is 6.10 Å². The summed E-state index contributed by atoms with van der Waals surface area (Å²) in [5.41, 5.74) is 6.55. The van der Waals surface area contributed by atoms with E-state index in [-0.39, 0.29) is 18.4 Å². The highest BCUT2D eigenvalue weighted by Crippen LogP contribution is 2.11. The second kappa shape index (κ2) is 6.86. The zero-order chi connectivity index (χ0) is 14.4. The van der Waals surface area contributed by atoms with Gasteiger partial charge in [0.25, 0.3) is 11.8 Å². The maximum atomic E-state index is 11.7. The van der Waals surface area contributed by atoms with Gasteiger partial charge < -0.3 is 20.7 Å². The van der Waals surface area contributed by atoms with Crippen molar-refractivity contribution in [2.24, 2.45) is 5.73 Å². The van der Waals surface area contributed by atoms with Crippen molar-refractivity contribution in [3.05, 3.63) is 29.8 Å². The fraction of sp³-hybridized carbons (Fsp3) is 0.385. The third kappa shape index (κ3) is 4.04. The molecule has 0 spiro atoms. The molecule has 0 saturated heterocycles. The number of rotatable bonds is 5. The molecule has 3 N–H and O–H groups in total. The minimum absolute atomic E-state index is 0.0883. The summed E-state index contributed by atoms with van der Waals surface area (Å²) >= 11 is 0. The highest BCUT2D eigenvalue weighted by Gasteiger charge is 2.15. The molecule has 0 fully saturated rings. The molecule has 0 saturated carbocycles. The van der Waals surface area contributed by atoms with Crippen LogP contribution in [0.5, 0.6) is 0 Å². The van der Waals surface area contributed by atoms with Gasteiger partial charge in [-0.3, -0.25) is 9.59 Å². The highest BCUT2D eigenvalue weighted by molar-refractivity contribution is 5.96. The summed E-state index contributed by atoms with van der Waals surface area (Å²) in [5.74, 6) is -0.397. The molecule has 0 aliphatic heterocycles. The van der Waals surface area contributed by atoms with E-state index in [1.807, 2.05) is 0 Å². The molecule has 1 aromatic carbocycles. The Kier molecular flexibility index (Phi) is 5.47. The Labute approximate surface area is 112 Å². The van der Waals surface area contributed by atoms with E-state index in [2.05, 4.69) is 5.32 Å². The standard InChI is InChI=1S/C13H19N3O3/c1-16(2)13(18)9-4-6-10(7-5-9)15-12(17)11(8-14)19-3/h4-7,11H,8,14H2,1-3H3,(H,15,17). The van der Waals surface area contributed by atoms with Crippen LogP contribution in [-0.4, -0.2) is 50.6 Å². The number of benzene rings is 1. The quantitative estimate of drug-likeness (QED) is 0.802. The molecule has 2 amide bonds. The first-order valence-corrected chi connectivity index (χ1v) is 5.85. The van der Waals surface area contributed by atoms with Crippen molar-refractivity contribution in [3.63, 3.8) is 0 Å². The van der Waals surface area contributed by atoms with Crippen molar-refractivity contribution >= 4 is 17.5 Å². The number of hydrogen-bond acceptors (Lipinski definition) is 4. The lowest BCUT2D eigenvalue weighted by Gasteiger charge is -2.14. The highest BCUT2D eigenvalue weighted by atomic mass is 16.5. The van der Waals surface area contributed by atoms with E-state index in [0.29, 0.717) is 11.3 Å². The van der Waals surface area contributed by atoms with E-state index in [1.54, 1.807) is 38.4 Å². The van der Waals surface area contributed by atoms with Crippen molar-refractivity contribution in [2.75, 3.05) is 33.1 Å². The number of carbonyl (C=O) groups excluding carboxylic acids is 2. The Morgan fingerprint density at radius 2 is 1.89 bits per heavy atom. The second-order valence-electron chi connectivity index (χ2n) is 4.23. The van der Waals surface area contributed by atoms with Gasteiger partial charge in [0, 0.05) is 39.0 Å². The maximum absolute atomic E-state index is 11.7. The van der Waals surface area contributed by atoms with Crippen molar-refractivity contribution < 1.29 is 14.3 Å². The lowest BCUT2D eigenvalue weighted by molar-refractivity contribution is -0.125. The summed E-state index contributed by atoms with van der Waals surface area (Å²) < 4.78 is 4.93. The predicted octanol–water partition coefficient (Wildman–Crippen LogP) is 0.301. The van der Waals surface area contributed by atoms with Gasteiger partial charge in [-0.25, -0.2) is 0 Å². The molecule has 0 aliphatic rings. The average Bonchev–Trinajstić information content (AvgIpc) is 2.40. The lowest BCUT2D eigenvalue weighted by atomic mass is 10.2. The van der Waals surface area contributed by atoms with Crippen molar-refractivity contribution in [3.8, 4) is 0 Å². The van der Waals surface area contributed by atoms with E-state index in [9.17, 15) is 9.59 Å². The number of methoxy groups -OCH3 is 1. The minimum atomic E-state index is -0.678. The molecule has 1 unspecified atom stereocenters. The molecule has 1 atom stereocenters. The molecule has 1 aromatic rings. The first kappa shape index (κ1) is 15.1. The van der Waals surface area contributed by atoms with Crippen LogP contribution in [0.2, 0.25) is 0 Å². The van der Waals surface area contributed by atoms with Crippen LogP contribution in [0.4, 0.5) is 5.69 Å². The number of hydrogen-bond donors (Lipinski definition) is 2. The van der Waals surface area contributed by atoms with E-state index in [4.69, 9.17) is 10.5 Å². The van der Waals surface area contributed by atoms with Crippen LogP contribution in [0.15, 0.2) is 24.3 Å². The van der Waals surface area contributed by atoms with Crippen LogP contribution in [-0.2, 0) is 9.53 Å². The number of ether oxygens (including phenoxy) is 1. The van der Waals surface area contributed by atoms with E-state index in [1.165, 1.54) is 12.0 Å². The smallest absolute Gasteiger partial charge is 0.254 e. The van der Waals surface area contributed by atoms with Gasteiger partial charge in [0.05, 0.1) is 0 Å². The van der Waals surface area contributed by atoms with Crippen molar-refractivity contribution in [2.45, 2.75) is 6.10 Å². The van der Waals surface area contributed by atoms with Gasteiger partial charge in [-0.2, -0.15) is 0 Å². The van der Waals surface area contributed by atoms with Gasteiger partial charge in [-0.05, 0) is 24.3 Å². The topological polar surface area (TPSA) is 84.7 Å². The Morgan fingerprint density at radius 3 is 2.32 bits per heavy atom. The number of nitrogens with two attached hydrogens (primary N) is 1. The zero-order valence-electron chi connectivity index (χ0n) is 11.3. The summed E-state index contributed by atoms with van der Waals surface area (Å²) in [5, 5.41) is 2.67. The first-order valence-electron chi connectivity index (χ1n) is 5.85. The third-order valence-electron chi connectivity index (χ3n) is 2.60. The second-order valence-corrected chi connectivity index (χ2v) is 4.23. The molecule has 0 radical (unpaired) electrons. The van der Waals surface area contributed by atoms with Crippen LogP contribution >= 0.6 is 0 Å². The van der Waals surface area contributed by atoms with Gasteiger partial charge in [0.15, 0.2) is 0 Å². The van der Waals surface area contributed by atoms with Gasteiger partial charge >= 0.3 is 0 Å². The maximum Gasteiger partial charge on any atom is 0.254 e. The Morgan fingerprint density at radius 1 is 1.32 bits per heavy atom. The van der Waals surface area contributed by atoms with Gasteiger partial charge in [-0.1, -0.05) is 0 Å². The van der Waals surface area contributed by atoms with Crippen LogP contribution in [0.25, 0.3) is 0 Å². The molecular weight excluding hydrogens is 246 g/mol. The molecule has 6 nitrogen and oxygen atoms in total. The zero-order valence-corrected chi connectivity index (χ0v) is 11.3. The summed E-state index contributed by atoms with van der Waals surface area (Å²) in [7, 11) is 4.79. The minimum Gasteiger partial charge on any atom is -0.370 e. The SMILES string of the molecule is COC(CN)C(=O)Nc1ccc(C(=O)N(C)C)cc1. The Balaban J connectivity index is 2.72. The van der Waals surface area contributed by atoms with Gasteiger partial charge in [0.2, 0.25) is 0 Å². The van der Waals surface area contributed by atoms with Crippen molar-refractivity contribution in [1.82, 2.24) is 4.90 Å². The van der Waals surface area contributed by atoms with Crippen molar-refractivity contribution in [1.29, 1.82) is 0 Å². The predicted molar refractivity (Wildman–Crippen MR) is 72.9 cm³/mol. The Hall–Kier alpha value is -1.92. The van der Waals surface area contributed by atoms with Crippen LogP contribution in [0.1, 0.15) is 10.4 Å². The first-order chi connectivity index (χ1) is 8.99. The molecule has 0 aliphatic carbocycles. The normalized spacial score (nSPS) is 11.8. The number of nitrogens with zero attached hydrogens (tertiary/aromatic N) is 1. The lowest BCUT2D eigenvalue weighted by Crippen LogP contribution is -2.35. The molecule has 19 heavy (non-hydrogen) atoms. The largest absolute Gasteiger partial charge is 0.370 e. The molecule has 0 aromatic heterocycles. The molecule has 0 heterocycles. The fourth-order valence-corrected chi connectivity index (χ4v) is 1.49. The van der Waals surface area contributed by atoms with E-state index >= 15 is 0 Å². The molecule has 6 heteroatoms. The number of anilines is 1. The van der Waals surface area contributed by atoms with Gasteiger partial charge in [0.1, 0.15) is 6.10 Å². The summed E-state index contributed by atoms with van der Waals surface area (Å²) in [4.78, 5) is 24.9. The monoisotopic (exact) mass is 265 g/mol. The van der Waals surface area contributed by atoms with E-state index in [0.717, 1.165) is 0 Å². The summed E-state index contributed by atoms with van der Waals surface area (Å²) in [6, 6.07) is 6.64. The molecule has 1 rings (SSSR count). The molecule has 104 valence electrons. The fourth-order valence-electron chi connectivity index (χ4n) is 1.49. The van der Waals surface area contributed by atoms with Gasteiger partial charge in [-0.15, -0.1) is 0 Å². The number of carbonyl (C=O) groups is 2. The average molecular weight is 265 g/mol. The number of amides is 2. The Bertz CT molecular complexity index is 439. The molecular formula is C13H19N3O3. The summed E-state index contributed by atoms with van der Waals surface area (Å²) in [6.45, 7) is 0.111. The van der Waals surface area contributed by atoms with Crippen LogP contribution < -0.4 is 11.1 Å². The molecule has 0 bridgehead atoms. The van der Waals surface area contributed by atoms with Crippen LogP contribution in [0, 0.1) is 0 Å². The third-order valence-corrected chi connectivity index (χ3v) is 2.60. The van der Waals surface area contributed by atoms with Crippen LogP contribution in [0.3, 0.4) is 0 Å². The summed E-state index contributed by atoms with van der Waals surface area (Å²) in [6.07, 6.45) is -0.678. The number of nitrogens with one attached hydrogen (secondary N) is 1.